The Morgan fingerprint density at radius 3 is 2.75 bits per heavy atom. The molecule has 5 nitrogen and oxygen atoms in total. The second-order valence-corrected chi connectivity index (χ2v) is 3.81. The van der Waals surface area contributed by atoms with Gasteiger partial charge in [0.15, 0.2) is 0 Å². The van der Waals surface area contributed by atoms with E-state index in [1.54, 1.807) is 36.4 Å². The van der Waals surface area contributed by atoms with Crippen LogP contribution < -0.4 is 4.74 Å². The lowest BCUT2D eigenvalue weighted by atomic mass is 10.2. The number of carbonyl (C=O) groups is 1. The van der Waals surface area contributed by atoms with Crippen molar-refractivity contribution in [1.29, 1.82) is 5.26 Å². The maximum absolute atomic E-state index is 10.4. The number of benzene rings is 1. The van der Waals surface area contributed by atoms with Crippen molar-refractivity contribution in [3.63, 3.8) is 0 Å². The largest absolute Gasteiger partial charge is 0.478 e. The first-order chi connectivity index (χ1) is 9.69. The van der Waals surface area contributed by atoms with Crippen molar-refractivity contribution in [3.05, 3.63) is 59.8 Å². The number of hydrogen-bond acceptors (Lipinski definition) is 4. The highest BCUT2D eigenvalue weighted by Gasteiger charge is 2.04. The van der Waals surface area contributed by atoms with Crippen LogP contribution in [0.2, 0.25) is 0 Å². The number of pyridine rings is 1. The van der Waals surface area contributed by atoms with Gasteiger partial charge in [0.1, 0.15) is 11.8 Å². The lowest BCUT2D eigenvalue weighted by Crippen LogP contribution is -1.91. The van der Waals surface area contributed by atoms with Gasteiger partial charge in [-0.25, -0.2) is 9.78 Å². The van der Waals surface area contributed by atoms with Gasteiger partial charge in [-0.3, -0.25) is 0 Å². The highest BCUT2D eigenvalue weighted by Crippen LogP contribution is 2.23. The lowest BCUT2D eigenvalue weighted by molar-refractivity contribution is -0.131. The van der Waals surface area contributed by atoms with Crippen molar-refractivity contribution < 1.29 is 14.6 Å². The molecular formula is C15H10N2O3. The molecule has 2 rings (SSSR count). The van der Waals surface area contributed by atoms with Gasteiger partial charge in [0, 0.05) is 18.3 Å². The normalized spacial score (nSPS) is 10.2. The number of aliphatic carboxylic acids is 1. The van der Waals surface area contributed by atoms with E-state index in [1.807, 2.05) is 6.07 Å². The molecule has 20 heavy (non-hydrogen) atoms. The number of carboxylic acids is 1. The van der Waals surface area contributed by atoms with E-state index >= 15 is 0 Å². The van der Waals surface area contributed by atoms with Crippen molar-refractivity contribution in [2.75, 3.05) is 0 Å². The summed E-state index contributed by atoms with van der Waals surface area (Å²) in [6.45, 7) is 0. The van der Waals surface area contributed by atoms with Gasteiger partial charge >= 0.3 is 5.97 Å². The molecule has 5 heteroatoms. The van der Waals surface area contributed by atoms with Gasteiger partial charge in [0.25, 0.3) is 0 Å². The number of rotatable bonds is 4. The standard InChI is InChI=1S/C15H10N2O3/c16-9-12-3-1-2-4-13(12)20-14-7-5-11(10-17-14)6-8-15(18)19/h1-8,10H,(H,18,19)/b8-6+. The van der Waals surface area contributed by atoms with Crippen LogP contribution in [0.5, 0.6) is 11.6 Å². The molecule has 1 aromatic carbocycles. The van der Waals surface area contributed by atoms with E-state index < -0.39 is 5.97 Å². The maximum Gasteiger partial charge on any atom is 0.328 e. The first-order valence-electron chi connectivity index (χ1n) is 5.73. The van der Waals surface area contributed by atoms with Crippen LogP contribution in [0.25, 0.3) is 6.08 Å². The summed E-state index contributed by atoms with van der Waals surface area (Å²) >= 11 is 0. The zero-order valence-electron chi connectivity index (χ0n) is 10.4. The van der Waals surface area contributed by atoms with E-state index in [2.05, 4.69) is 4.98 Å². The topological polar surface area (TPSA) is 83.2 Å². The van der Waals surface area contributed by atoms with Gasteiger partial charge in [-0.2, -0.15) is 5.26 Å². The van der Waals surface area contributed by atoms with Crippen molar-refractivity contribution in [3.8, 4) is 17.7 Å². The van der Waals surface area contributed by atoms with E-state index in [9.17, 15) is 4.79 Å². The van der Waals surface area contributed by atoms with Gasteiger partial charge in [0.2, 0.25) is 5.88 Å². The Morgan fingerprint density at radius 1 is 1.30 bits per heavy atom. The molecule has 0 amide bonds. The molecule has 0 bridgehead atoms. The molecule has 0 saturated heterocycles. The number of nitriles is 1. The fraction of sp³-hybridized carbons (Fsp3) is 0. The van der Waals surface area contributed by atoms with Crippen LogP contribution in [0.3, 0.4) is 0 Å². The molecule has 1 heterocycles. The van der Waals surface area contributed by atoms with Gasteiger partial charge in [-0.1, -0.05) is 12.1 Å². The molecule has 0 aliphatic carbocycles. The van der Waals surface area contributed by atoms with Crippen molar-refractivity contribution in [2.24, 2.45) is 0 Å². The van der Waals surface area contributed by atoms with Crippen LogP contribution in [0.4, 0.5) is 0 Å². The molecule has 0 radical (unpaired) electrons. The summed E-state index contributed by atoms with van der Waals surface area (Å²) < 4.78 is 5.51. The second-order valence-electron chi connectivity index (χ2n) is 3.81. The molecule has 98 valence electrons. The van der Waals surface area contributed by atoms with E-state index in [1.165, 1.54) is 12.3 Å². The highest BCUT2D eigenvalue weighted by atomic mass is 16.5. The lowest BCUT2D eigenvalue weighted by Gasteiger charge is -2.05. The Balaban J connectivity index is 2.15. The minimum atomic E-state index is -1.02. The predicted molar refractivity (Wildman–Crippen MR) is 72.1 cm³/mol. The smallest absolute Gasteiger partial charge is 0.328 e. The predicted octanol–water partition coefficient (Wildman–Crippen LogP) is 2.84. The Morgan fingerprint density at radius 2 is 2.10 bits per heavy atom. The number of aromatic nitrogens is 1. The maximum atomic E-state index is 10.4. The highest BCUT2D eigenvalue weighted by molar-refractivity contribution is 5.85. The first kappa shape index (κ1) is 13.3. The Hall–Kier alpha value is -3.13. The van der Waals surface area contributed by atoms with Crippen LogP contribution in [0, 0.1) is 11.3 Å². The van der Waals surface area contributed by atoms with E-state index in [4.69, 9.17) is 15.1 Å². The zero-order chi connectivity index (χ0) is 14.4. The number of hydrogen-bond donors (Lipinski definition) is 1. The minimum Gasteiger partial charge on any atom is -0.478 e. The number of nitrogens with zero attached hydrogens (tertiary/aromatic N) is 2. The minimum absolute atomic E-state index is 0.333. The number of carboxylic acid groups (broad SMARTS) is 1. The molecule has 1 N–H and O–H groups in total. The second kappa shape index (κ2) is 6.16. The van der Waals surface area contributed by atoms with Crippen LogP contribution in [0.15, 0.2) is 48.7 Å². The molecular weight excluding hydrogens is 256 g/mol. The molecule has 0 saturated carbocycles. The molecule has 0 aliphatic heterocycles. The molecule has 0 atom stereocenters. The third kappa shape index (κ3) is 3.43. The van der Waals surface area contributed by atoms with E-state index in [0.29, 0.717) is 22.8 Å². The van der Waals surface area contributed by atoms with Gasteiger partial charge in [-0.05, 0) is 29.8 Å². The van der Waals surface area contributed by atoms with E-state index in [0.717, 1.165) is 6.08 Å². The van der Waals surface area contributed by atoms with Gasteiger partial charge in [0.05, 0.1) is 5.56 Å². The Bertz CT molecular complexity index is 685. The third-order valence-electron chi connectivity index (χ3n) is 2.40. The molecule has 2 aromatic rings. The third-order valence-corrected chi connectivity index (χ3v) is 2.40. The van der Waals surface area contributed by atoms with Crippen LogP contribution in [-0.4, -0.2) is 16.1 Å². The first-order valence-corrected chi connectivity index (χ1v) is 5.73. The Kier molecular flexibility index (Phi) is 4.10. The summed E-state index contributed by atoms with van der Waals surface area (Å²) in [6.07, 6.45) is 3.95. The van der Waals surface area contributed by atoms with Crippen molar-refractivity contribution in [1.82, 2.24) is 4.98 Å². The fourth-order valence-electron chi connectivity index (χ4n) is 1.48. The summed E-state index contributed by atoms with van der Waals surface area (Å²) in [6, 6.07) is 12.2. The van der Waals surface area contributed by atoms with Crippen LogP contribution >= 0.6 is 0 Å². The average Bonchev–Trinajstić information content (AvgIpc) is 2.47. The van der Waals surface area contributed by atoms with Gasteiger partial charge in [-0.15, -0.1) is 0 Å². The number of ether oxygens (including phenoxy) is 1. The van der Waals surface area contributed by atoms with Crippen LogP contribution in [0.1, 0.15) is 11.1 Å². The fourth-order valence-corrected chi connectivity index (χ4v) is 1.48. The van der Waals surface area contributed by atoms with Gasteiger partial charge < -0.3 is 9.84 Å². The summed E-state index contributed by atoms with van der Waals surface area (Å²) in [5.41, 5.74) is 1.07. The summed E-state index contributed by atoms with van der Waals surface area (Å²) in [5.74, 6) is -0.259. The zero-order valence-corrected chi connectivity index (χ0v) is 10.4. The van der Waals surface area contributed by atoms with Crippen LogP contribution in [-0.2, 0) is 4.79 Å². The quantitative estimate of drug-likeness (QED) is 0.860. The van der Waals surface area contributed by atoms with Crippen molar-refractivity contribution in [2.45, 2.75) is 0 Å². The summed E-state index contributed by atoms with van der Waals surface area (Å²) in [4.78, 5) is 14.4. The molecule has 1 aromatic heterocycles. The van der Waals surface area contributed by atoms with Crippen molar-refractivity contribution >= 4 is 12.0 Å². The SMILES string of the molecule is N#Cc1ccccc1Oc1ccc(/C=C/C(=O)O)cn1. The molecule has 0 fully saturated rings. The summed E-state index contributed by atoms with van der Waals surface area (Å²) in [5, 5.41) is 17.5. The Labute approximate surface area is 115 Å². The average molecular weight is 266 g/mol. The monoisotopic (exact) mass is 266 g/mol. The molecule has 0 unspecified atom stereocenters. The number of para-hydroxylation sites is 1. The molecule has 0 spiro atoms. The van der Waals surface area contributed by atoms with E-state index in [-0.39, 0.29) is 0 Å². The molecule has 0 aliphatic rings. The summed E-state index contributed by atoms with van der Waals surface area (Å²) in [7, 11) is 0.